The van der Waals surface area contributed by atoms with Crippen LogP contribution in [0.15, 0.2) is 0 Å². The van der Waals surface area contributed by atoms with Crippen molar-refractivity contribution in [3.8, 4) is 0 Å². The summed E-state index contributed by atoms with van der Waals surface area (Å²) in [6, 6.07) is -0.525. The molecule has 2 unspecified atom stereocenters. The van der Waals surface area contributed by atoms with Crippen molar-refractivity contribution in [2.24, 2.45) is 11.3 Å². The Morgan fingerprint density at radius 3 is 2.44 bits per heavy atom. The SMILES string of the molecule is CC(=O)NC(CS)C(=O)NCC1CC1(C)C. The second-order valence-corrected chi connectivity index (χ2v) is 5.44. The van der Waals surface area contributed by atoms with Crippen LogP contribution >= 0.6 is 12.6 Å². The molecule has 0 bridgehead atoms. The summed E-state index contributed by atoms with van der Waals surface area (Å²) in [5.41, 5.74) is 0.359. The molecule has 2 amide bonds. The Morgan fingerprint density at radius 2 is 2.06 bits per heavy atom. The third kappa shape index (κ3) is 3.70. The summed E-state index contributed by atoms with van der Waals surface area (Å²) in [5.74, 6) is 0.530. The zero-order valence-corrected chi connectivity index (χ0v) is 10.9. The minimum absolute atomic E-state index is 0.145. The van der Waals surface area contributed by atoms with E-state index < -0.39 is 6.04 Å². The van der Waals surface area contributed by atoms with Crippen molar-refractivity contribution < 1.29 is 9.59 Å². The molecule has 1 aliphatic carbocycles. The van der Waals surface area contributed by atoms with Crippen molar-refractivity contribution in [1.29, 1.82) is 0 Å². The molecule has 92 valence electrons. The van der Waals surface area contributed by atoms with Gasteiger partial charge in [-0.05, 0) is 17.8 Å². The van der Waals surface area contributed by atoms with Gasteiger partial charge in [-0.25, -0.2) is 0 Å². The molecule has 1 saturated carbocycles. The van der Waals surface area contributed by atoms with Gasteiger partial charge < -0.3 is 10.6 Å². The number of hydrogen-bond acceptors (Lipinski definition) is 3. The minimum atomic E-state index is -0.525. The van der Waals surface area contributed by atoms with Crippen LogP contribution in [0.2, 0.25) is 0 Å². The van der Waals surface area contributed by atoms with Crippen LogP contribution in [0.5, 0.6) is 0 Å². The average molecular weight is 244 g/mol. The van der Waals surface area contributed by atoms with E-state index in [9.17, 15) is 9.59 Å². The van der Waals surface area contributed by atoms with Crippen LogP contribution in [-0.2, 0) is 9.59 Å². The lowest BCUT2D eigenvalue weighted by molar-refractivity contribution is -0.127. The molecule has 2 N–H and O–H groups in total. The van der Waals surface area contributed by atoms with E-state index in [4.69, 9.17) is 0 Å². The fraction of sp³-hybridized carbons (Fsp3) is 0.818. The van der Waals surface area contributed by atoms with E-state index in [1.165, 1.54) is 6.92 Å². The maximum absolute atomic E-state index is 11.7. The molecule has 0 aliphatic heterocycles. The molecule has 0 aromatic rings. The normalized spacial score (nSPS) is 23.4. The van der Waals surface area contributed by atoms with Gasteiger partial charge in [-0.2, -0.15) is 12.6 Å². The first kappa shape index (κ1) is 13.4. The lowest BCUT2D eigenvalue weighted by Crippen LogP contribution is -2.47. The zero-order valence-electron chi connectivity index (χ0n) is 10.0. The van der Waals surface area contributed by atoms with Crippen molar-refractivity contribution in [2.45, 2.75) is 33.2 Å². The van der Waals surface area contributed by atoms with Gasteiger partial charge >= 0.3 is 0 Å². The summed E-state index contributed by atoms with van der Waals surface area (Å²) in [6.07, 6.45) is 1.15. The molecule has 0 aromatic heterocycles. The van der Waals surface area contributed by atoms with Gasteiger partial charge in [0.05, 0.1) is 0 Å². The van der Waals surface area contributed by atoms with Crippen molar-refractivity contribution in [3.63, 3.8) is 0 Å². The molecule has 0 saturated heterocycles. The molecule has 0 radical (unpaired) electrons. The molecule has 1 rings (SSSR count). The summed E-state index contributed by atoms with van der Waals surface area (Å²) in [4.78, 5) is 22.5. The lowest BCUT2D eigenvalue weighted by atomic mass is 10.1. The van der Waals surface area contributed by atoms with Gasteiger partial charge in [-0.3, -0.25) is 9.59 Å². The van der Waals surface area contributed by atoms with E-state index in [1.807, 2.05) is 0 Å². The summed E-state index contributed by atoms with van der Waals surface area (Å²) in [5, 5.41) is 5.42. The quantitative estimate of drug-likeness (QED) is 0.620. The Hall–Kier alpha value is -0.710. The highest BCUT2D eigenvalue weighted by molar-refractivity contribution is 7.80. The molecule has 16 heavy (non-hydrogen) atoms. The van der Waals surface area contributed by atoms with Gasteiger partial charge in [-0.1, -0.05) is 13.8 Å². The number of hydrogen-bond donors (Lipinski definition) is 3. The molecule has 0 spiro atoms. The van der Waals surface area contributed by atoms with Gasteiger partial charge in [0.2, 0.25) is 11.8 Å². The Kier molecular flexibility index (Phi) is 4.24. The highest BCUT2D eigenvalue weighted by Crippen LogP contribution is 2.50. The third-order valence-electron chi connectivity index (χ3n) is 3.12. The van der Waals surface area contributed by atoms with Gasteiger partial charge in [0.1, 0.15) is 6.04 Å². The second kappa shape index (κ2) is 5.08. The molecular formula is C11H20N2O2S. The molecule has 4 nitrogen and oxygen atoms in total. The molecular weight excluding hydrogens is 224 g/mol. The standard InChI is InChI=1S/C11H20N2O2S/c1-7(14)13-9(6-16)10(15)12-5-8-4-11(8,2)3/h8-9,16H,4-6H2,1-3H3,(H,12,15)(H,13,14). The first-order chi connectivity index (χ1) is 7.36. The summed E-state index contributed by atoms with van der Waals surface area (Å²) in [7, 11) is 0. The number of carbonyl (C=O) groups excluding carboxylic acids is 2. The van der Waals surface area contributed by atoms with E-state index in [2.05, 4.69) is 37.1 Å². The van der Waals surface area contributed by atoms with Crippen molar-refractivity contribution in [1.82, 2.24) is 10.6 Å². The first-order valence-corrected chi connectivity index (χ1v) is 6.15. The monoisotopic (exact) mass is 244 g/mol. The van der Waals surface area contributed by atoms with Gasteiger partial charge in [-0.15, -0.1) is 0 Å². The van der Waals surface area contributed by atoms with Gasteiger partial charge in [0.25, 0.3) is 0 Å². The molecule has 1 aliphatic rings. The van der Waals surface area contributed by atoms with Crippen LogP contribution in [0, 0.1) is 11.3 Å². The largest absolute Gasteiger partial charge is 0.354 e. The number of rotatable bonds is 5. The van der Waals surface area contributed by atoms with Crippen LogP contribution in [-0.4, -0.2) is 30.2 Å². The summed E-state index contributed by atoms with van der Waals surface area (Å²) >= 11 is 4.05. The van der Waals surface area contributed by atoms with Crippen LogP contribution in [0.4, 0.5) is 0 Å². The molecule has 2 atom stereocenters. The van der Waals surface area contributed by atoms with E-state index >= 15 is 0 Å². The molecule has 5 heteroatoms. The average Bonchev–Trinajstić information content (AvgIpc) is 2.79. The zero-order chi connectivity index (χ0) is 12.3. The molecule has 0 heterocycles. The van der Waals surface area contributed by atoms with Crippen LogP contribution in [0.25, 0.3) is 0 Å². The van der Waals surface area contributed by atoms with Crippen LogP contribution in [0.3, 0.4) is 0 Å². The van der Waals surface area contributed by atoms with Gasteiger partial charge in [0.15, 0.2) is 0 Å². The number of amides is 2. The molecule has 1 fully saturated rings. The second-order valence-electron chi connectivity index (χ2n) is 5.07. The first-order valence-electron chi connectivity index (χ1n) is 5.52. The van der Waals surface area contributed by atoms with E-state index in [1.54, 1.807) is 0 Å². The molecule has 0 aromatic carbocycles. The van der Waals surface area contributed by atoms with Crippen molar-refractivity contribution >= 4 is 24.4 Å². The fourth-order valence-corrected chi connectivity index (χ4v) is 1.97. The summed E-state index contributed by atoms with van der Waals surface area (Å²) in [6.45, 7) is 6.46. The van der Waals surface area contributed by atoms with E-state index in [-0.39, 0.29) is 11.8 Å². The number of carbonyl (C=O) groups is 2. The number of thiol groups is 1. The van der Waals surface area contributed by atoms with Crippen LogP contribution in [0.1, 0.15) is 27.2 Å². The Balaban J connectivity index is 2.30. The van der Waals surface area contributed by atoms with Crippen LogP contribution < -0.4 is 10.6 Å². The smallest absolute Gasteiger partial charge is 0.243 e. The Bertz CT molecular complexity index is 292. The summed E-state index contributed by atoms with van der Waals surface area (Å²) < 4.78 is 0. The predicted molar refractivity (Wildman–Crippen MR) is 66.4 cm³/mol. The van der Waals surface area contributed by atoms with E-state index in [0.717, 1.165) is 6.42 Å². The van der Waals surface area contributed by atoms with E-state index in [0.29, 0.717) is 23.6 Å². The lowest BCUT2D eigenvalue weighted by Gasteiger charge is -2.15. The maximum Gasteiger partial charge on any atom is 0.243 e. The highest BCUT2D eigenvalue weighted by Gasteiger charge is 2.45. The maximum atomic E-state index is 11.7. The number of nitrogens with one attached hydrogen (secondary N) is 2. The predicted octanol–water partition coefficient (Wildman–Crippen LogP) is 0.583. The van der Waals surface area contributed by atoms with Crippen molar-refractivity contribution in [3.05, 3.63) is 0 Å². The van der Waals surface area contributed by atoms with Gasteiger partial charge in [0, 0.05) is 19.2 Å². The minimum Gasteiger partial charge on any atom is -0.354 e. The fourth-order valence-electron chi connectivity index (χ4n) is 1.71. The Labute approximate surface area is 102 Å². The third-order valence-corrected chi connectivity index (χ3v) is 3.48. The topological polar surface area (TPSA) is 58.2 Å². The highest BCUT2D eigenvalue weighted by atomic mass is 32.1. The van der Waals surface area contributed by atoms with Crippen molar-refractivity contribution in [2.75, 3.05) is 12.3 Å². The Morgan fingerprint density at radius 1 is 1.50 bits per heavy atom.